The molecule has 0 aliphatic heterocycles. The Morgan fingerprint density at radius 1 is 1.60 bits per heavy atom. The smallest absolute Gasteiger partial charge is 0.469 e. The summed E-state index contributed by atoms with van der Waals surface area (Å²) < 4.78 is 33.2. The molecule has 6 nitrogen and oxygen atoms in total. The first-order valence-electron chi connectivity index (χ1n) is 2.18. The Morgan fingerprint density at radius 3 is 2.40 bits per heavy atom. The predicted molar refractivity (Wildman–Crippen MR) is 31.8 cm³/mol. The van der Waals surface area contributed by atoms with Gasteiger partial charge in [0.2, 0.25) is 0 Å². The fraction of sp³-hybridized carbons (Fsp3) is 1.00. The molecule has 0 saturated heterocycles. The van der Waals surface area contributed by atoms with E-state index in [9.17, 15) is 13.3 Å². The summed E-state index contributed by atoms with van der Waals surface area (Å²) in [5.41, 5.74) is 0. The van der Waals surface area contributed by atoms with E-state index in [-0.39, 0.29) is 0 Å². The first kappa shape index (κ1) is 10.2. The SMILES string of the molecule is O=S([O-])CCOP(=O)(O)O. The van der Waals surface area contributed by atoms with E-state index in [1.54, 1.807) is 0 Å². The molecule has 2 N–H and O–H groups in total. The Bertz CT molecular complexity index is 161. The molecule has 0 amide bonds. The summed E-state index contributed by atoms with van der Waals surface area (Å²) in [4.78, 5) is 16.0. The van der Waals surface area contributed by atoms with Gasteiger partial charge < -0.3 is 14.3 Å². The summed E-state index contributed by atoms with van der Waals surface area (Å²) in [6, 6.07) is 0. The molecular formula is C2H6O6PS-. The number of phosphoric ester groups is 1. The van der Waals surface area contributed by atoms with Gasteiger partial charge in [-0.15, -0.1) is 0 Å². The fourth-order valence-corrected chi connectivity index (χ4v) is 0.896. The maximum absolute atomic E-state index is 9.88. The van der Waals surface area contributed by atoms with Crippen LogP contribution in [0.25, 0.3) is 0 Å². The molecular weight excluding hydrogens is 183 g/mol. The molecule has 0 bridgehead atoms. The van der Waals surface area contributed by atoms with Crippen LogP contribution in [-0.2, 0) is 20.2 Å². The lowest BCUT2D eigenvalue weighted by Crippen LogP contribution is -2.03. The van der Waals surface area contributed by atoms with Gasteiger partial charge in [-0.25, -0.2) is 4.57 Å². The van der Waals surface area contributed by atoms with Crippen molar-refractivity contribution in [1.29, 1.82) is 0 Å². The van der Waals surface area contributed by atoms with Crippen molar-refractivity contribution in [1.82, 2.24) is 0 Å². The number of rotatable bonds is 4. The molecule has 0 aromatic carbocycles. The van der Waals surface area contributed by atoms with Gasteiger partial charge >= 0.3 is 7.82 Å². The van der Waals surface area contributed by atoms with Gasteiger partial charge in [-0.1, -0.05) is 11.1 Å². The highest BCUT2D eigenvalue weighted by Crippen LogP contribution is 2.35. The van der Waals surface area contributed by atoms with Gasteiger partial charge in [0.15, 0.2) is 0 Å². The van der Waals surface area contributed by atoms with E-state index >= 15 is 0 Å². The Labute approximate surface area is 59.7 Å². The van der Waals surface area contributed by atoms with Crippen molar-refractivity contribution in [2.24, 2.45) is 0 Å². The first-order chi connectivity index (χ1) is 4.42. The van der Waals surface area contributed by atoms with Gasteiger partial charge in [0, 0.05) is 5.75 Å². The normalized spacial score (nSPS) is 15.1. The van der Waals surface area contributed by atoms with Gasteiger partial charge in [-0.05, 0) is 0 Å². The lowest BCUT2D eigenvalue weighted by atomic mass is 10.9. The second kappa shape index (κ2) is 4.17. The van der Waals surface area contributed by atoms with Crippen molar-refractivity contribution in [3.63, 3.8) is 0 Å². The van der Waals surface area contributed by atoms with E-state index in [1.807, 2.05) is 0 Å². The molecule has 0 saturated carbocycles. The minimum atomic E-state index is -4.50. The third kappa shape index (κ3) is 8.22. The van der Waals surface area contributed by atoms with Crippen LogP contribution < -0.4 is 0 Å². The minimum absolute atomic E-state index is 0.412. The highest BCUT2D eigenvalue weighted by Gasteiger charge is 2.12. The van der Waals surface area contributed by atoms with Gasteiger partial charge in [-0.3, -0.25) is 8.73 Å². The van der Waals surface area contributed by atoms with E-state index in [1.165, 1.54) is 0 Å². The first-order valence-corrected chi connectivity index (χ1v) is 4.95. The van der Waals surface area contributed by atoms with Crippen LogP contribution in [-0.4, -0.2) is 30.9 Å². The number of hydrogen-bond donors (Lipinski definition) is 2. The minimum Gasteiger partial charge on any atom is -0.772 e. The van der Waals surface area contributed by atoms with Gasteiger partial charge in [-0.2, -0.15) is 0 Å². The third-order valence-corrected chi connectivity index (χ3v) is 1.53. The molecule has 0 aliphatic carbocycles. The van der Waals surface area contributed by atoms with Crippen LogP contribution in [0.1, 0.15) is 0 Å². The second-order valence-corrected chi connectivity index (χ2v) is 3.59. The van der Waals surface area contributed by atoms with Gasteiger partial charge in [0.25, 0.3) is 0 Å². The van der Waals surface area contributed by atoms with Gasteiger partial charge in [0.05, 0.1) is 6.61 Å². The average molecular weight is 189 g/mol. The van der Waals surface area contributed by atoms with Crippen LogP contribution in [0.15, 0.2) is 0 Å². The van der Waals surface area contributed by atoms with Gasteiger partial charge in [0.1, 0.15) is 0 Å². The van der Waals surface area contributed by atoms with E-state index in [2.05, 4.69) is 4.52 Å². The number of phosphoric acid groups is 1. The fourth-order valence-electron chi connectivity index (χ4n) is 0.224. The molecule has 0 aromatic heterocycles. The quantitative estimate of drug-likeness (QED) is 0.432. The molecule has 0 rings (SSSR count). The van der Waals surface area contributed by atoms with Crippen molar-refractivity contribution in [2.45, 2.75) is 0 Å². The van der Waals surface area contributed by atoms with Crippen LogP contribution in [0.2, 0.25) is 0 Å². The molecule has 62 valence electrons. The van der Waals surface area contributed by atoms with Crippen molar-refractivity contribution >= 4 is 18.9 Å². The summed E-state index contributed by atoms with van der Waals surface area (Å²) in [5.74, 6) is -0.412. The van der Waals surface area contributed by atoms with E-state index in [0.29, 0.717) is 0 Å². The van der Waals surface area contributed by atoms with Crippen molar-refractivity contribution in [3.05, 3.63) is 0 Å². The summed E-state index contributed by atoms with van der Waals surface area (Å²) in [7, 11) is -4.50. The molecule has 0 aliphatic rings. The zero-order valence-electron chi connectivity index (χ0n) is 4.80. The Balaban J connectivity index is 3.39. The molecule has 10 heavy (non-hydrogen) atoms. The lowest BCUT2D eigenvalue weighted by molar-refractivity contribution is 0.207. The largest absolute Gasteiger partial charge is 0.772 e. The van der Waals surface area contributed by atoms with Crippen LogP contribution in [0.5, 0.6) is 0 Å². The molecule has 1 atom stereocenters. The Morgan fingerprint density at radius 2 is 2.10 bits per heavy atom. The zero-order chi connectivity index (χ0) is 8.20. The third-order valence-electron chi connectivity index (χ3n) is 0.509. The number of hydrogen-bond acceptors (Lipinski definition) is 4. The molecule has 0 heterocycles. The highest BCUT2D eigenvalue weighted by molar-refractivity contribution is 7.79. The molecule has 0 radical (unpaired) electrons. The second-order valence-electron chi connectivity index (χ2n) is 1.33. The van der Waals surface area contributed by atoms with Crippen LogP contribution in [0.4, 0.5) is 0 Å². The predicted octanol–water partition coefficient (Wildman–Crippen LogP) is -1.03. The molecule has 8 heteroatoms. The van der Waals surface area contributed by atoms with Crippen LogP contribution in [0, 0.1) is 0 Å². The topological polar surface area (TPSA) is 107 Å². The van der Waals surface area contributed by atoms with Crippen molar-refractivity contribution < 1.29 is 27.6 Å². The summed E-state index contributed by atoms with van der Waals surface area (Å²) in [6.45, 7) is -0.486. The molecule has 0 fully saturated rings. The van der Waals surface area contributed by atoms with Crippen LogP contribution in [0.3, 0.4) is 0 Å². The zero-order valence-corrected chi connectivity index (χ0v) is 6.51. The average Bonchev–Trinajstić information content (AvgIpc) is 1.59. The van der Waals surface area contributed by atoms with E-state index < -0.39 is 31.3 Å². The van der Waals surface area contributed by atoms with E-state index in [0.717, 1.165) is 0 Å². The maximum Gasteiger partial charge on any atom is 0.469 e. The van der Waals surface area contributed by atoms with Crippen molar-refractivity contribution in [2.75, 3.05) is 12.4 Å². The maximum atomic E-state index is 9.88. The Hall–Kier alpha value is 0.220. The summed E-state index contributed by atoms with van der Waals surface area (Å²) in [6.07, 6.45) is 0. The molecule has 0 aromatic rings. The molecule has 1 unspecified atom stereocenters. The monoisotopic (exact) mass is 189 g/mol. The van der Waals surface area contributed by atoms with Crippen LogP contribution >= 0.6 is 7.82 Å². The summed E-state index contributed by atoms with van der Waals surface area (Å²) in [5, 5.41) is 0. The Kier molecular flexibility index (Phi) is 4.26. The lowest BCUT2D eigenvalue weighted by Gasteiger charge is -2.05. The summed E-state index contributed by atoms with van der Waals surface area (Å²) >= 11 is -2.32. The highest BCUT2D eigenvalue weighted by atomic mass is 32.2. The van der Waals surface area contributed by atoms with Crippen molar-refractivity contribution in [3.8, 4) is 0 Å². The van der Waals surface area contributed by atoms with E-state index in [4.69, 9.17) is 9.79 Å². The standard InChI is InChI=1S/C2H7O6PS/c3-9(4,5)8-1-2-10(6)7/h1-2H2,(H,6,7)(H2,3,4,5)/p-1. The molecule has 0 spiro atoms.